The van der Waals surface area contributed by atoms with Gasteiger partial charge in [-0.05, 0) is 25.8 Å². The van der Waals surface area contributed by atoms with E-state index in [0.717, 1.165) is 11.3 Å². The number of anilines is 1. The monoisotopic (exact) mass is 377 g/mol. The van der Waals surface area contributed by atoms with Crippen molar-refractivity contribution in [1.29, 1.82) is 0 Å². The Morgan fingerprint density at radius 1 is 1.44 bits per heavy atom. The van der Waals surface area contributed by atoms with Crippen LogP contribution in [0.3, 0.4) is 0 Å². The van der Waals surface area contributed by atoms with E-state index < -0.39 is 0 Å². The first-order valence-corrected chi connectivity index (χ1v) is 10.1. The molecule has 2 amide bonds. The van der Waals surface area contributed by atoms with Crippen LogP contribution in [-0.2, 0) is 9.59 Å². The van der Waals surface area contributed by atoms with Gasteiger partial charge in [-0.25, -0.2) is 4.98 Å². The van der Waals surface area contributed by atoms with Crippen LogP contribution in [0.5, 0.6) is 0 Å². The average Bonchev–Trinajstić information content (AvgIpc) is 3.19. The van der Waals surface area contributed by atoms with Crippen LogP contribution in [0.15, 0.2) is 11.4 Å². The van der Waals surface area contributed by atoms with Crippen LogP contribution in [-0.4, -0.2) is 34.8 Å². The molecule has 0 spiro atoms. The molecule has 0 bridgehead atoms. The van der Waals surface area contributed by atoms with E-state index >= 15 is 0 Å². The predicted molar refractivity (Wildman–Crippen MR) is 103 cm³/mol. The van der Waals surface area contributed by atoms with Crippen molar-refractivity contribution in [3.05, 3.63) is 21.2 Å². The summed E-state index contributed by atoms with van der Waals surface area (Å²) in [7, 11) is 0. The first-order valence-electron chi connectivity index (χ1n) is 8.45. The molecule has 1 N–H and O–H groups in total. The number of hydrogen-bond acceptors (Lipinski definition) is 5. The molecule has 25 heavy (non-hydrogen) atoms. The first-order chi connectivity index (χ1) is 11.8. The maximum atomic E-state index is 12.5. The summed E-state index contributed by atoms with van der Waals surface area (Å²) in [5.74, 6) is 0.0742. The topological polar surface area (TPSA) is 62.3 Å². The van der Waals surface area contributed by atoms with Gasteiger partial charge in [-0.3, -0.25) is 9.59 Å². The van der Waals surface area contributed by atoms with E-state index in [4.69, 9.17) is 0 Å². The maximum Gasteiger partial charge on any atom is 0.231 e. The second-order valence-electron chi connectivity index (χ2n) is 6.95. The standard InChI is InChI=1S/C18H23N3O2S2/c1-10(2)7-21-8-13(6-16(21)22)17(23)20-18-19-15(9-24-18)14-5-11(3)25-12(14)4/h5,9-10,13H,6-8H2,1-4H3,(H,19,20,23)/t13-/m1/s1. The quantitative estimate of drug-likeness (QED) is 0.859. The summed E-state index contributed by atoms with van der Waals surface area (Å²) in [5.41, 5.74) is 2.02. The van der Waals surface area contributed by atoms with Gasteiger partial charge in [0, 0.05) is 40.2 Å². The van der Waals surface area contributed by atoms with Crippen molar-refractivity contribution in [3.63, 3.8) is 0 Å². The molecule has 3 heterocycles. The normalized spacial score (nSPS) is 17.6. The third-order valence-electron chi connectivity index (χ3n) is 4.22. The number of aryl methyl sites for hydroxylation is 2. The third kappa shape index (κ3) is 4.10. The van der Waals surface area contributed by atoms with Gasteiger partial charge >= 0.3 is 0 Å². The molecule has 1 atom stereocenters. The van der Waals surface area contributed by atoms with E-state index in [9.17, 15) is 9.59 Å². The highest BCUT2D eigenvalue weighted by Crippen LogP contribution is 2.33. The van der Waals surface area contributed by atoms with Crippen molar-refractivity contribution in [3.8, 4) is 11.3 Å². The lowest BCUT2D eigenvalue weighted by atomic mass is 10.1. The molecule has 5 nitrogen and oxygen atoms in total. The van der Waals surface area contributed by atoms with Gasteiger partial charge in [0.15, 0.2) is 5.13 Å². The number of nitrogens with zero attached hydrogens (tertiary/aromatic N) is 2. The Kier molecular flexibility index (Phi) is 5.24. The van der Waals surface area contributed by atoms with Crippen LogP contribution in [0.4, 0.5) is 5.13 Å². The zero-order valence-electron chi connectivity index (χ0n) is 15.0. The highest BCUT2D eigenvalue weighted by Gasteiger charge is 2.34. The van der Waals surface area contributed by atoms with Gasteiger partial charge in [0.2, 0.25) is 11.8 Å². The summed E-state index contributed by atoms with van der Waals surface area (Å²) in [6.07, 6.45) is 0.291. The van der Waals surface area contributed by atoms with E-state index in [2.05, 4.69) is 44.1 Å². The summed E-state index contributed by atoms with van der Waals surface area (Å²) in [6.45, 7) is 9.52. The molecule has 134 valence electrons. The van der Waals surface area contributed by atoms with Gasteiger partial charge < -0.3 is 10.2 Å². The smallest absolute Gasteiger partial charge is 0.231 e. The molecule has 0 saturated carbocycles. The minimum absolute atomic E-state index is 0.0676. The minimum Gasteiger partial charge on any atom is -0.342 e. The van der Waals surface area contributed by atoms with Crippen LogP contribution in [0, 0.1) is 25.7 Å². The molecule has 1 fully saturated rings. The molecule has 3 rings (SSSR count). The van der Waals surface area contributed by atoms with Gasteiger partial charge in [0.05, 0.1) is 11.6 Å². The van der Waals surface area contributed by atoms with E-state index in [1.165, 1.54) is 21.1 Å². The molecule has 0 aliphatic carbocycles. The van der Waals surface area contributed by atoms with Crippen molar-refractivity contribution in [2.75, 3.05) is 18.4 Å². The van der Waals surface area contributed by atoms with Crippen molar-refractivity contribution in [2.24, 2.45) is 11.8 Å². The Morgan fingerprint density at radius 3 is 2.84 bits per heavy atom. The number of nitrogens with one attached hydrogen (secondary N) is 1. The van der Waals surface area contributed by atoms with Gasteiger partial charge in [0.1, 0.15) is 0 Å². The molecule has 0 radical (unpaired) electrons. The molecule has 7 heteroatoms. The number of carbonyl (C=O) groups is 2. The minimum atomic E-state index is -0.288. The molecule has 0 unspecified atom stereocenters. The summed E-state index contributed by atoms with van der Waals surface area (Å²) in [6, 6.07) is 2.13. The molecule has 1 aliphatic rings. The van der Waals surface area contributed by atoms with Crippen LogP contribution in [0.25, 0.3) is 11.3 Å². The Bertz CT molecular complexity index is 794. The van der Waals surface area contributed by atoms with Crippen LogP contribution >= 0.6 is 22.7 Å². The number of amides is 2. The van der Waals surface area contributed by atoms with E-state index in [-0.39, 0.29) is 17.7 Å². The first kappa shape index (κ1) is 18.1. The fourth-order valence-electron chi connectivity index (χ4n) is 3.11. The van der Waals surface area contributed by atoms with E-state index in [1.807, 2.05) is 5.38 Å². The SMILES string of the molecule is Cc1cc(-c2csc(NC(=O)[C@@H]3CC(=O)N(CC(C)C)C3)n2)c(C)s1. The largest absolute Gasteiger partial charge is 0.342 e. The summed E-state index contributed by atoms with van der Waals surface area (Å²) in [4.78, 5) is 33.3. The molecular weight excluding hydrogens is 354 g/mol. The Morgan fingerprint density at radius 2 is 2.20 bits per heavy atom. The molecule has 2 aromatic heterocycles. The molecular formula is C18H23N3O2S2. The number of thiophene rings is 1. The third-order valence-corrected chi connectivity index (χ3v) is 5.95. The number of rotatable bonds is 5. The summed E-state index contributed by atoms with van der Waals surface area (Å²) in [5, 5.41) is 5.45. The fraction of sp³-hybridized carbons (Fsp3) is 0.500. The molecule has 0 aromatic carbocycles. The number of likely N-dealkylation sites (tertiary alicyclic amines) is 1. The lowest BCUT2D eigenvalue weighted by molar-refractivity contribution is -0.128. The maximum absolute atomic E-state index is 12.5. The highest BCUT2D eigenvalue weighted by molar-refractivity contribution is 7.14. The van der Waals surface area contributed by atoms with Gasteiger partial charge in [0.25, 0.3) is 0 Å². The Balaban J connectivity index is 1.64. The lowest BCUT2D eigenvalue weighted by Crippen LogP contribution is -2.31. The lowest BCUT2D eigenvalue weighted by Gasteiger charge is -2.18. The number of thiazole rings is 1. The van der Waals surface area contributed by atoms with Gasteiger partial charge in [-0.1, -0.05) is 13.8 Å². The second-order valence-corrected chi connectivity index (χ2v) is 9.27. The summed E-state index contributed by atoms with van der Waals surface area (Å²) < 4.78 is 0. The van der Waals surface area contributed by atoms with Crippen molar-refractivity contribution >= 4 is 39.6 Å². The van der Waals surface area contributed by atoms with Crippen LogP contribution in [0.1, 0.15) is 30.0 Å². The number of carbonyl (C=O) groups excluding carboxylic acids is 2. The predicted octanol–water partition coefficient (Wildman–Crippen LogP) is 3.93. The summed E-state index contributed by atoms with van der Waals surface area (Å²) >= 11 is 3.17. The highest BCUT2D eigenvalue weighted by atomic mass is 32.1. The van der Waals surface area contributed by atoms with Crippen molar-refractivity contribution < 1.29 is 9.59 Å². The number of aromatic nitrogens is 1. The van der Waals surface area contributed by atoms with E-state index in [0.29, 0.717) is 30.6 Å². The molecule has 1 saturated heterocycles. The van der Waals surface area contributed by atoms with Crippen LogP contribution in [0.2, 0.25) is 0 Å². The van der Waals surface area contributed by atoms with Crippen molar-refractivity contribution in [2.45, 2.75) is 34.1 Å². The van der Waals surface area contributed by atoms with E-state index in [1.54, 1.807) is 16.2 Å². The Hall–Kier alpha value is -1.73. The second kappa shape index (κ2) is 7.25. The van der Waals surface area contributed by atoms with Gasteiger partial charge in [-0.2, -0.15) is 0 Å². The Labute approximate surface area is 156 Å². The van der Waals surface area contributed by atoms with Crippen LogP contribution < -0.4 is 5.32 Å². The van der Waals surface area contributed by atoms with Gasteiger partial charge in [-0.15, -0.1) is 22.7 Å². The molecule has 1 aliphatic heterocycles. The molecule has 2 aromatic rings. The van der Waals surface area contributed by atoms with Crippen molar-refractivity contribution in [1.82, 2.24) is 9.88 Å². The number of hydrogen-bond donors (Lipinski definition) is 1. The fourth-order valence-corrected chi connectivity index (χ4v) is 4.76. The zero-order chi connectivity index (χ0) is 18.1. The zero-order valence-corrected chi connectivity index (χ0v) is 16.6. The average molecular weight is 378 g/mol.